The van der Waals surface area contributed by atoms with Gasteiger partial charge in [0.25, 0.3) is 0 Å². The van der Waals surface area contributed by atoms with Crippen molar-refractivity contribution in [3.63, 3.8) is 0 Å². The second kappa shape index (κ2) is 4.25. The van der Waals surface area contributed by atoms with Crippen molar-refractivity contribution in [3.05, 3.63) is 26.6 Å². The minimum atomic E-state index is 0.469. The average Bonchev–Trinajstić information content (AvgIpc) is 2.03. The molecule has 0 bridgehead atoms. The summed E-state index contributed by atoms with van der Waals surface area (Å²) in [5, 5.41) is 0. The molecule has 1 aromatic carbocycles. The van der Waals surface area contributed by atoms with Gasteiger partial charge in [0.1, 0.15) is 5.75 Å². The van der Waals surface area contributed by atoms with Gasteiger partial charge in [0, 0.05) is 21.1 Å². The van der Waals surface area contributed by atoms with Crippen LogP contribution in [-0.2, 0) is 6.54 Å². The van der Waals surface area contributed by atoms with Crippen molar-refractivity contribution >= 4 is 31.9 Å². The third-order valence-electron chi connectivity index (χ3n) is 1.54. The Hall–Kier alpha value is -0.0600. The zero-order chi connectivity index (χ0) is 9.14. The van der Waals surface area contributed by atoms with Gasteiger partial charge in [0.15, 0.2) is 0 Å². The topological polar surface area (TPSA) is 35.2 Å². The van der Waals surface area contributed by atoms with Crippen molar-refractivity contribution in [2.24, 2.45) is 5.73 Å². The van der Waals surface area contributed by atoms with E-state index in [4.69, 9.17) is 10.5 Å². The van der Waals surface area contributed by atoms with Crippen molar-refractivity contribution < 1.29 is 4.74 Å². The van der Waals surface area contributed by atoms with Crippen LogP contribution in [0.3, 0.4) is 0 Å². The molecule has 2 N–H and O–H groups in total. The van der Waals surface area contributed by atoms with Gasteiger partial charge < -0.3 is 10.5 Å². The van der Waals surface area contributed by atoms with Crippen molar-refractivity contribution in [1.82, 2.24) is 0 Å². The van der Waals surface area contributed by atoms with E-state index in [2.05, 4.69) is 31.9 Å². The van der Waals surface area contributed by atoms with Crippen LogP contribution in [0.4, 0.5) is 0 Å². The Morgan fingerprint density at radius 3 is 2.58 bits per heavy atom. The molecule has 0 aliphatic rings. The summed E-state index contributed by atoms with van der Waals surface area (Å²) in [6, 6.07) is 3.84. The molecule has 0 aliphatic carbocycles. The SMILES string of the molecule is COc1cc(Br)cc(Br)c1CN. The van der Waals surface area contributed by atoms with E-state index in [1.807, 2.05) is 12.1 Å². The molecule has 0 radical (unpaired) electrons. The summed E-state index contributed by atoms with van der Waals surface area (Å²) in [5.41, 5.74) is 6.54. The van der Waals surface area contributed by atoms with Crippen LogP contribution >= 0.6 is 31.9 Å². The van der Waals surface area contributed by atoms with Crippen LogP contribution in [0.1, 0.15) is 5.56 Å². The predicted octanol–water partition coefficient (Wildman–Crippen LogP) is 2.68. The van der Waals surface area contributed by atoms with Gasteiger partial charge in [-0.1, -0.05) is 31.9 Å². The van der Waals surface area contributed by atoms with Gasteiger partial charge in [-0.2, -0.15) is 0 Å². The molecule has 0 saturated heterocycles. The van der Waals surface area contributed by atoms with Gasteiger partial charge >= 0.3 is 0 Å². The lowest BCUT2D eigenvalue weighted by molar-refractivity contribution is 0.409. The lowest BCUT2D eigenvalue weighted by Gasteiger charge is -2.08. The fraction of sp³-hybridized carbons (Fsp3) is 0.250. The van der Waals surface area contributed by atoms with Gasteiger partial charge in [0.2, 0.25) is 0 Å². The van der Waals surface area contributed by atoms with Crippen molar-refractivity contribution in [2.75, 3.05) is 7.11 Å². The smallest absolute Gasteiger partial charge is 0.125 e. The standard InChI is InChI=1S/C8H9Br2NO/c1-12-8-3-5(9)2-7(10)6(8)4-11/h2-3H,4,11H2,1H3. The molecule has 0 aromatic heterocycles. The Bertz CT molecular complexity index is 289. The van der Waals surface area contributed by atoms with Gasteiger partial charge in [0.05, 0.1) is 7.11 Å². The van der Waals surface area contributed by atoms with E-state index in [9.17, 15) is 0 Å². The monoisotopic (exact) mass is 293 g/mol. The molecular weight excluding hydrogens is 286 g/mol. The largest absolute Gasteiger partial charge is 0.496 e. The molecule has 1 aromatic rings. The summed E-state index contributed by atoms with van der Waals surface area (Å²) in [6.07, 6.45) is 0. The third-order valence-corrected chi connectivity index (χ3v) is 2.71. The van der Waals surface area contributed by atoms with E-state index in [1.54, 1.807) is 7.11 Å². The van der Waals surface area contributed by atoms with Gasteiger partial charge in [-0.25, -0.2) is 0 Å². The van der Waals surface area contributed by atoms with Gasteiger partial charge in [-0.15, -0.1) is 0 Å². The molecule has 2 nitrogen and oxygen atoms in total. The van der Waals surface area contributed by atoms with Crippen molar-refractivity contribution in [1.29, 1.82) is 0 Å². The third kappa shape index (κ3) is 2.00. The lowest BCUT2D eigenvalue weighted by atomic mass is 10.2. The molecule has 0 fully saturated rings. The molecule has 0 unspecified atom stereocenters. The van der Waals surface area contributed by atoms with E-state index >= 15 is 0 Å². The molecule has 0 aliphatic heterocycles. The van der Waals surface area contributed by atoms with Crippen molar-refractivity contribution in [3.8, 4) is 5.75 Å². The average molecular weight is 295 g/mol. The van der Waals surface area contributed by atoms with E-state index in [1.165, 1.54) is 0 Å². The molecule has 4 heteroatoms. The molecule has 0 saturated carbocycles. The first kappa shape index (κ1) is 10.0. The highest BCUT2D eigenvalue weighted by atomic mass is 79.9. The number of halogens is 2. The number of benzene rings is 1. The summed E-state index contributed by atoms with van der Waals surface area (Å²) >= 11 is 6.78. The number of hydrogen-bond donors (Lipinski definition) is 1. The second-order valence-corrected chi connectivity index (χ2v) is 4.04. The summed E-state index contributed by atoms with van der Waals surface area (Å²) in [5.74, 6) is 0.804. The zero-order valence-electron chi connectivity index (χ0n) is 6.60. The van der Waals surface area contributed by atoms with E-state index in [-0.39, 0.29) is 0 Å². The summed E-state index contributed by atoms with van der Waals surface area (Å²) in [4.78, 5) is 0. The zero-order valence-corrected chi connectivity index (χ0v) is 9.78. The van der Waals surface area contributed by atoms with Crippen LogP contribution in [0.2, 0.25) is 0 Å². The second-order valence-electron chi connectivity index (χ2n) is 2.27. The minimum Gasteiger partial charge on any atom is -0.496 e. The quantitative estimate of drug-likeness (QED) is 0.910. The van der Waals surface area contributed by atoms with Crippen LogP contribution in [0.15, 0.2) is 21.1 Å². The number of rotatable bonds is 2. The number of ether oxygens (including phenoxy) is 1. The van der Waals surface area contributed by atoms with E-state index in [0.717, 1.165) is 20.3 Å². The Labute approximate surface area is 88.3 Å². The van der Waals surface area contributed by atoms with Crippen LogP contribution in [-0.4, -0.2) is 7.11 Å². The number of hydrogen-bond acceptors (Lipinski definition) is 2. The van der Waals surface area contributed by atoms with E-state index in [0.29, 0.717) is 6.54 Å². The summed E-state index contributed by atoms with van der Waals surface area (Å²) in [6.45, 7) is 0.469. The molecule has 66 valence electrons. The van der Waals surface area contributed by atoms with E-state index < -0.39 is 0 Å². The molecule has 12 heavy (non-hydrogen) atoms. The summed E-state index contributed by atoms with van der Waals surface area (Å²) < 4.78 is 7.10. The Kier molecular flexibility index (Phi) is 3.55. The highest BCUT2D eigenvalue weighted by Crippen LogP contribution is 2.30. The molecule has 1 rings (SSSR count). The summed E-state index contributed by atoms with van der Waals surface area (Å²) in [7, 11) is 1.63. The highest BCUT2D eigenvalue weighted by Gasteiger charge is 2.06. The fourth-order valence-corrected chi connectivity index (χ4v) is 2.31. The Balaban J connectivity index is 3.24. The van der Waals surface area contributed by atoms with Crippen LogP contribution in [0.25, 0.3) is 0 Å². The van der Waals surface area contributed by atoms with Gasteiger partial charge in [-0.05, 0) is 12.1 Å². The molecule has 0 atom stereocenters. The highest BCUT2D eigenvalue weighted by molar-refractivity contribution is 9.11. The van der Waals surface area contributed by atoms with Crippen LogP contribution < -0.4 is 10.5 Å². The Morgan fingerprint density at radius 1 is 1.42 bits per heavy atom. The molecular formula is C8H9Br2NO. The maximum atomic E-state index is 5.55. The maximum Gasteiger partial charge on any atom is 0.125 e. The normalized spacial score (nSPS) is 10.0. The lowest BCUT2D eigenvalue weighted by Crippen LogP contribution is -2.00. The minimum absolute atomic E-state index is 0.469. The molecule has 0 amide bonds. The molecule has 0 heterocycles. The van der Waals surface area contributed by atoms with Gasteiger partial charge in [-0.3, -0.25) is 0 Å². The first-order valence-corrected chi connectivity index (χ1v) is 4.99. The van der Waals surface area contributed by atoms with Crippen molar-refractivity contribution in [2.45, 2.75) is 6.54 Å². The first-order valence-electron chi connectivity index (χ1n) is 3.41. The van der Waals surface area contributed by atoms with Crippen LogP contribution in [0.5, 0.6) is 5.75 Å². The number of methoxy groups -OCH3 is 1. The van der Waals surface area contributed by atoms with Crippen LogP contribution in [0, 0.1) is 0 Å². The Morgan fingerprint density at radius 2 is 2.08 bits per heavy atom. The molecule has 0 spiro atoms. The predicted molar refractivity (Wildman–Crippen MR) is 56.3 cm³/mol. The maximum absolute atomic E-state index is 5.55. The first-order chi connectivity index (χ1) is 5.69. The number of nitrogens with two attached hydrogens (primary N) is 1. The fourth-order valence-electron chi connectivity index (χ4n) is 0.960.